The SMILES string of the molecule is CC(=O)c1ccc(NC(=O)COC(=O)[C@H](C)N2C(=O)[C@@H]3[C@H]4C[C@@H]([C@@H](Br)[C@H]4Br)[C@H]3C2=O)cc1. The number of imide groups is 1. The molecule has 0 aromatic heterocycles. The van der Waals surface area contributed by atoms with E-state index in [-0.39, 0.29) is 39.1 Å². The van der Waals surface area contributed by atoms with E-state index in [4.69, 9.17) is 4.74 Å². The summed E-state index contributed by atoms with van der Waals surface area (Å²) in [5.74, 6) is -2.87. The van der Waals surface area contributed by atoms with Gasteiger partial charge >= 0.3 is 5.97 Å². The molecule has 0 spiro atoms. The average molecular weight is 570 g/mol. The van der Waals surface area contributed by atoms with Gasteiger partial charge in [0.1, 0.15) is 6.04 Å². The maximum absolute atomic E-state index is 13.0. The zero-order valence-electron chi connectivity index (χ0n) is 17.4. The van der Waals surface area contributed by atoms with Gasteiger partial charge in [0.2, 0.25) is 11.8 Å². The second-order valence-corrected chi connectivity index (χ2v) is 10.6. The highest BCUT2D eigenvalue weighted by molar-refractivity contribution is 9.12. The normalized spacial score (nSPS) is 31.4. The van der Waals surface area contributed by atoms with Gasteiger partial charge < -0.3 is 10.1 Å². The fourth-order valence-electron chi connectivity index (χ4n) is 5.10. The molecule has 1 N–H and O–H groups in total. The summed E-state index contributed by atoms with van der Waals surface area (Å²) in [6.07, 6.45) is 0.804. The van der Waals surface area contributed by atoms with Crippen molar-refractivity contribution in [3.8, 4) is 0 Å². The van der Waals surface area contributed by atoms with Crippen LogP contribution in [0.3, 0.4) is 0 Å². The van der Waals surface area contributed by atoms with Crippen LogP contribution in [0.2, 0.25) is 0 Å². The molecule has 0 unspecified atom stereocenters. The summed E-state index contributed by atoms with van der Waals surface area (Å²) in [6.45, 7) is 2.33. The second kappa shape index (κ2) is 8.70. The number of likely N-dealkylation sites (tertiary alicyclic amines) is 1. The minimum atomic E-state index is -1.11. The van der Waals surface area contributed by atoms with Gasteiger partial charge in [0.15, 0.2) is 12.4 Å². The number of nitrogens with one attached hydrogen (secondary N) is 1. The Morgan fingerprint density at radius 3 is 2.09 bits per heavy atom. The molecule has 2 bridgehead atoms. The van der Waals surface area contributed by atoms with Crippen LogP contribution in [0.25, 0.3) is 0 Å². The number of hydrogen-bond donors (Lipinski definition) is 1. The van der Waals surface area contributed by atoms with E-state index in [1.807, 2.05) is 0 Å². The molecular weight excluding hydrogens is 548 g/mol. The van der Waals surface area contributed by atoms with E-state index in [9.17, 15) is 24.0 Å². The quantitative estimate of drug-likeness (QED) is 0.244. The molecular formula is C22H22Br2N2O6. The third-order valence-corrected chi connectivity index (χ3v) is 9.88. The standard InChI is InChI=1S/C22H22Br2N2O6/c1-9(22(31)32-8-15(28)25-12-5-3-11(4-6-12)10(2)27)26-20(29)16-13-7-14(17(16)21(26)30)19(24)18(13)23/h3-6,9,13-14,16-19H,7-8H2,1-2H3,(H,25,28)/t9-,13+,14+,16+,17+,18-,19+/m0/s1. The van der Waals surface area contributed by atoms with Crippen LogP contribution in [-0.2, 0) is 23.9 Å². The van der Waals surface area contributed by atoms with E-state index in [1.165, 1.54) is 13.8 Å². The molecule has 2 saturated carbocycles. The Morgan fingerprint density at radius 2 is 1.59 bits per heavy atom. The molecule has 0 radical (unpaired) electrons. The Kier molecular flexibility index (Phi) is 6.28. The van der Waals surface area contributed by atoms with Crippen LogP contribution in [0.1, 0.15) is 30.6 Å². The topological polar surface area (TPSA) is 110 Å². The Labute approximate surface area is 201 Å². The summed E-state index contributed by atoms with van der Waals surface area (Å²) < 4.78 is 5.07. The molecule has 10 heteroatoms. The third kappa shape index (κ3) is 3.81. The number of halogens is 2. The van der Waals surface area contributed by atoms with Crippen LogP contribution >= 0.6 is 31.9 Å². The van der Waals surface area contributed by atoms with Gasteiger partial charge in [-0.15, -0.1) is 0 Å². The Hall–Kier alpha value is -2.07. The molecule has 1 aliphatic heterocycles. The predicted molar refractivity (Wildman–Crippen MR) is 121 cm³/mol. The number of benzene rings is 1. The Balaban J connectivity index is 1.34. The van der Waals surface area contributed by atoms with Crippen molar-refractivity contribution >= 4 is 67.0 Å². The van der Waals surface area contributed by atoms with Gasteiger partial charge in [0, 0.05) is 20.9 Å². The van der Waals surface area contributed by atoms with Crippen LogP contribution in [0.15, 0.2) is 24.3 Å². The predicted octanol–water partition coefficient (Wildman–Crippen LogP) is 2.54. The number of carbonyl (C=O) groups excluding carboxylic acids is 5. The summed E-state index contributed by atoms with van der Waals surface area (Å²) in [4.78, 5) is 63.2. The van der Waals surface area contributed by atoms with Gasteiger partial charge in [-0.1, -0.05) is 31.9 Å². The van der Waals surface area contributed by atoms with Gasteiger partial charge in [-0.25, -0.2) is 4.79 Å². The summed E-state index contributed by atoms with van der Waals surface area (Å²) in [5.41, 5.74) is 0.963. The summed E-state index contributed by atoms with van der Waals surface area (Å²) >= 11 is 7.26. The van der Waals surface area contributed by atoms with Gasteiger partial charge in [-0.05, 0) is 56.4 Å². The van der Waals surface area contributed by atoms with Crippen molar-refractivity contribution in [2.24, 2.45) is 23.7 Å². The maximum atomic E-state index is 13.0. The molecule has 4 rings (SSSR count). The zero-order valence-corrected chi connectivity index (χ0v) is 20.6. The minimum absolute atomic E-state index is 0.0548. The molecule has 1 saturated heterocycles. The minimum Gasteiger partial charge on any atom is -0.454 e. The number of esters is 1. The lowest BCUT2D eigenvalue weighted by atomic mass is 9.81. The van der Waals surface area contributed by atoms with Crippen LogP contribution in [0.4, 0.5) is 5.69 Å². The monoisotopic (exact) mass is 568 g/mol. The molecule has 2 aliphatic carbocycles. The van der Waals surface area contributed by atoms with E-state index in [1.54, 1.807) is 24.3 Å². The lowest BCUT2D eigenvalue weighted by molar-refractivity contribution is -0.159. The summed E-state index contributed by atoms with van der Waals surface area (Å²) in [5, 5.41) is 2.57. The number of fused-ring (bicyclic) bond motifs is 5. The summed E-state index contributed by atoms with van der Waals surface area (Å²) in [6, 6.07) is 5.19. The fraction of sp³-hybridized carbons (Fsp3) is 0.500. The Morgan fingerprint density at radius 1 is 1.06 bits per heavy atom. The smallest absolute Gasteiger partial charge is 0.329 e. The maximum Gasteiger partial charge on any atom is 0.329 e. The van der Waals surface area contributed by atoms with Crippen molar-refractivity contribution in [1.29, 1.82) is 0 Å². The number of amides is 3. The van der Waals surface area contributed by atoms with E-state index in [2.05, 4.69) is 37.2 Å². The van der Waals surface area contributed by atoms with E-state index < -0.39 is 36.4 Å². The first-order chi connectivity index (χ1) is 15.1. The third-order valence-electron chi connectivity index (χ3n) is 6.67. The zero-order chi connectivity index (χ0) is 23.3. The molecule has 1 heterocycles. The van der Waals surface area contributed by atoms with Crippen molar-refractivity contribution in [1.82, 2.24) is 4.90 Å². The van der Waals surface area contributed by atoms with E-state index in [0.717, 1.165) is 11.3 Å². The molecule has 8 nitrogen and oxygen atoms in total. The van der Waals surface area contributed by atoms with E-state index in [0.29, 0.717) is 11.3 Å². The first-order valence-corrected chi connectivity index (χ1v) is 12.2. The molecule has 1 aromatic carbocycles. The highest BCUT2D eigenvalue weighted by atomic mass is 79.9. The highest BCUT2D eigenvalue weighted by Gasteiger charge is 2.67. The first kappa shape index (κ1) is 23.1. The number of nitrogens with zero attached hydrogens (tertiary/aromatic N) is 1. The molecule has 1 aromatic rings. The molecule has 3 aliphatic rings. The van der Waals surface area contributed by atoms with E-state index >= 15 is 0 Å². The number of alkyl halides is 2. The average Bonchev–Trinajstić information content (AvgIpc) is 3.36. The van der Waals surface area contributed by atoms with Crippen LogP contribution in [-0.4, -0.2) is 56.7 Å². The van der Waals surface area contributed by atoms with Crippen molar-refractivity contribution < 1.29 is 28.7 Å². The fourth-order valence-corrected chi connectivity index (χ4v) is 6.98. The van der Waals surface area contributed by atoms with Crippen LogP contribution in [0, 0.1) is 23.7 Å². The van der Waals surface area contributed by atoms with Crippen LogP contribution < -0.4 is 5.32 Å². The lowest BCUT2D eigenvalue weighted by Crippen LogP contribution is -2.45. The van der Waals surface area contributed by atoms with Crippen molar-refractivity contribution in [3.63, 3.8) is 0 Å². The lowest BCUT2D eigenvalue weighted by Gasteiger charge is -2.28. The van der Waals surface area contributed by atoms with Crippen molar-refractivity contribution in [2.45, 2.75) is 36.0 Å². The van der Waals surface area contributed by atoms with Gasteiger partial charge in [0.05, 0.1) is 11.8 Å². The summed E-state index contributed by atoms with van der Waals surface area (Å²) in [7, 11) is 0. The number of ether oxygens (including phenoxy) is 1. The van der Waals surface area contributed by atoms with Crippen molar-refractivity contribution in [2.75, 3.05) is 11.9 Å². The number of carbonyl (C=O) groups is 5. The molecule has 7 atom stereocenters. The number of hydrogen-bond acceptors (Lipinski definition) is 6. The molecule has 170 valence electrons. The van der Waals surface area contributed by atoms with Gasteiger partial charge in [0.25, 0.3) is 5.91 Å². The number of anilines is 1. The Bertz CT molecular complexity index is 965. The second-order valence-electron chi connectivity index (χ2n) is 8.52. The number of Topliss-reactive ketones (excluding diaryl/α,β-unsaturated/α-hetero) is 1. The number of ketones is 1. The highest BCUT2D eigenvalue weighted by Crippen LogP contribution is 2.60. The van der Waals surface area contributed by atoms with Gasteiger partial charge in [-0.3, -0.25) is 24.1 Å². The molecule has 3 fully saturated rings. The van der Waals surface area contributed by atoms with Crippen molar-refractivity contribution in [3.05, 3.63) is 29.8 Å². The number of rotatable bonds is 6. The molecule has 32 heavy (non-hydrogen) atoms. The van der Waals surface area contributed by atoms with Crippen LogP contribution in [0.5, 0.6) is 0 Å². The van der Waals surface area contributed by atoms with Gasteiger partial charge in [-0.2, -0.15) is 0 Å². The largest absolute Gasteiger partial charge is 0.454 e. The molecule has 3 amide bonds. The first-order valence-electron chi connectivity index (χ1n) is 10.3.